The highest BCUT2D eigenvalue weighted by molar-refractivity contribution is 5.85. The molecule has 4 atom stereocenters. The maximum Gasteiger partial charge on any atom is 0.139 e. The van der Waals surface area contributed by atoms with E-state index in [1.165, 1.54) is 6.92 Å². The van der Waals surface area contributed by atoms with Gasteiger partial charge in [0.25, 0.3) is 0 Å². The first kappa shape index (κ1) is 14.3. The topological polar surface area (TPSA) is 104 Å². The van der Waals surface area contributed by atoms with Crippen LogP contribution in [0.2, 0.25) is 0 Å². The molecule has 0 rings (SSSR count). The highest BCUT2D eigenvalue weighted by Gasteiger charge is 2.26. The van der Waals surface area contributed by atoms with Crippen molar-refractivity contribution >= 4 is 18.7 Å². The molecule has 5 N–H and O–H groups in total. The molecule has 0 saturated heterocycles. The van der Waals surface area contributed by atoms with E-state index < -0.39 is 24.4 Å². The van der Waals surface area contributed by atoms with E-state index in [1.54, 1.807) is 0 Å². The summed E-state index contributed by atoms with van der Waals surface area (Å²) < 4.78 is 0. The second-order valence-corrected chi connectivity index (χ2v) is 2.44. The number of hydrogen-bond donors (Lipinski definition) is 4. The van der Waals surface area contributed by atoms with E-state index in [0.717, 1.165) is 0 Å². The van der Waals surface area contributed by atoms with E-state index >= 15 is 0 Å². The molecule has 0 amide bonds. The van der Waals surface area contributed by atoms with Gasteiger partial charge in [0, 0.05) is 0 Å². The summed E-state index contributed by atoms with van der Waals surface area (Å²) in [6, 6.07) is -1.15. The zero-order chi connectivity index (χ0) is 9.02. The van der Waals surface area contributed by atoms with Crippen molar-refractivity contribution in [2.75, 3.05) is 0 Å². The molecular weight excluding hydrogens is 186 g/mol. The third-order valence-corrected chi connectivity index (χ3v) is 1.40. The Morgan fingerprint density at radius 3 is 1.92 bits per heavy atom. The molecule has 0 aliphatic heterocycles. The molecule has 0 aliphatic rings. The molecule has 0 saturated carbocycles. The number of aliphatic hydroxyl groups excluding tert-OH is 3. The minimum atomic E-state index is -1.41. The maximum absolute atomic E-state index is 10.00. The number of aliphatic hydroxyl groups is 3. The summed E-state index contributed by atoms with van der Waals surface area (Å²) in [4.78, 5) is 10.00. The zero-order valence-electron chi connectivity index (χ0n) is 6.62. The van der Waals surface area contributed by atoms with E-state index in [1.807, 2.05) is 0 Å². The summed E-state index contributed by atoms with van der Waals surface area (Å²) in [5.74, 6) is 0. The fourth-order valence-electron chi connectivity index (χ4n) is 0.594. The van der Waals surface area contributed by atoms with Crippen LogP contribution in [0.3, 0.4) is 0 Å². The average Bonchev–Trinajstić information content (AvgIpc) is 2.00. The smallest absolute Gasteiger partial charge is 0.139 e. The van der Waals surface area contributed by atoms with E-state index in [0.29, 0.717) is 6.29 Å². The second-order valence-electron chi connectivity index (χ2n) is 2.44. The van der Waals surface area contributed by atoms with Crippen molar-refractivity contribution in [1.82, 2.24) is 0 Å². The largest absolute Gasteiger partial charge is 0.391 e. The van der Waals surface area contributed by atoms with Gasteiger partial charge in [-0.05, 0) is 6.92 Å². The quantitative estimate of drug-likeness (QED) is 0.394. The number of nitrogens with two attached hydrogens (primary N) is 1. The number of rotatable bonds is 4. The highest BCUT2D eigenvalue weighted by atomic mass is 35.5. The number of aldehydes is 1. The van der Waals surface area contributed by atoms with Crippen molar-refractivity contribution < 1.29 is 20.1 Å². The van der Waals surface area contributed by atoms with E-state index in [-0.39, 0.29) is 12.4 Å². The van der Waals surface area contributed by atoms with Gasteiger partial charge in [-0.15, -0.1) is 12.4 Å². The molecule has 74 valence electrons. The summed E-state index contributed by atoms with van der Waals surface area (Å²) in [6.45, 7) is 1.30. The molecule has 0 aromatic carbocycles. The van der Waals surface area contributed by atoms with Crippen molar-refractivity contribution in [3.63, 3.8) is 0 Å². The van der Waals surface area contributed by atoms with Crippen molar-refractivity contribution in [2.24, 2.45) is 5.73 Å². The Hall–Kier alpha value is -0.200. The van der Waals surface area contributed by atoms with Crippen LogP contribution in [0.5, 0.6) is 0 Å². The van der Waals surface area contributed by atoms with Crippen LogP contribution in [0.4, 0.5) is 0 Å². The van der Waals surface area contributed by atoms with Crippen LogP contribution < -0.4 is 5.73 Å². The third kappa shape index (κ3) is 3.99. The predicted octanol–water partition coefficient (Wildman–Crippen LogP) is -1.96. The minimum Gasteiger partial charge on any atom is -0.391 e. The Morgan fingerprint density at radius 2 is 1.67 bits per heavy atom. The van der Waals surface area contributed by atoms with E-state index in [4.69, 9.17) is 21.1 Å². The van der Waals surface area contributed by atoms with Crippen LogP contribution in [0.15, 0.2) is 0 Å². The molecule has 0 aromatic heterocycles. The van der Waals surface area contributed by atoms with Gasteiger partial charge in [-0.1, -0.05) is 0 Å². The number of carbonyl (C=O) groups is 1. The SMILES string of the molecule is C[C@H](O)[C@@H](O)[C@@H](O)[C@H](N)C=O.Cl. The molecule has 12 heavy (non-hydrogen) atoms. The average molecular weight is 200 g/mol. The standard InChI is InChI=1S/C6H13NO4.ClH/c1-3(9)5(10)6(11)4(7)2-8;/h2-6,9-11H,7H2,1H3;1H/t3-,4+,5+,6-;/m0./s1. The molecule has 5 nitrogen and oxygen atoms in total. The molecule has 0 spiro atoms. The lowest BCUT2D eigenvalue weighted by Crippen LogP contribution is -2.48. The van der Waals surface area contributed by atoms with Crippen LogP contribution in [0.25, 0.3) is 0 Å². The minimum absolute atomic E-state index is 0. The fraction of sp³-hybridized carbons (Fsp3) is 0.833. The van der Waals surface area contributed by atoms with Gasteiger partial charge in [0.05, 0.1) is 12.1 Å². The third-order valence-electron chi connectivity index (χ3n) is 1.40. The van der Waals surface area contributed by atoms with Gasteiger partial charge in [0.2, 0.25) is 0 Å². The Morgan fingerprint density at radius 1 is 1.25 bits per heavy atom. The van der Waals surface area contributed by atoms with Crippen molar-refractivity contribution in [1.29, 1.82) is 0 Å². The van der Waals surface area contributed by atoms with Gasteiger partial charge >= 0.3 is 0 Å². The first-order chi connectivity index (χ1) is 5.00. The molecular formula is C6H14ClNO4. The first-order valence-corrected chi connectivity index (χ1v) is 3.25. The van der Waals surface area contributed by atoms with Crippen molar-refractivity contribution in [2.45, 2.75) is 31.3 Å². The van der Waals surface area contributed by atoms with Gasteiger partial charge in [0.1, 0.15) is 18.5 Å². The van der Waals surface area contributed by atoms with Gasteiger partial charge in [-0.25, -0.2) is 0 Å². The van der Waals surface area contributed by atoms with Gasteiger partial charge in [-0.2, -0.15) is 0 Å². The molecule has 0 radical (unpaired) electrons. The van der Waals surface area contributed by atoms with Gasteiger partial charge in [-0.3, -0.25) is 0 Å². The second kappa shape index (κ2) is 6.33. The molecule has 0 bridgehead atoms. The number of hydrogen-bond acceptors (Lipinski definition) is 5. The van der Waals surface area contributed by atoms with Crippen LogP contribution in [0.1, 0.15) is 6.92 Å². The zero-order valence-corrected chi connectivity index (χ0v) is 7.44. The highest BCUT2D eigenvalue weighted by Crippen LogP contribution is 2.01. The Labute approximate surface area is 76.6 Å². The van der Waals surface area contributed by atoms with Crippen LogP contribution in [-0.2, 0) is 4.79 Å². The molecule has 0 aliphatic carbocycles. The summed E-state index contributed by atoms with van der Waals surface area (Å²) >= 11 is 0. The molecule has 0 unspecified atom stereocenters. The summed E-state index contributed by atoms with van der Waals surface area (Å²) in [7, 11) is 0. The molecule has 0 fully saturated rings. The maximum atomic E-state index is 10.00. The first-order valence-electron chi connectivity index (χ1n) is 3.25. The Balaban J connectivity index is 0. The summed E-state index contributed by atoms with van der Waals surface area (Å²) in [5, 5.41) is 26.7. The summed E-state index contributed by atoms with van der Waals surface area (Å²) in [6.07, 6.45) is -3.57. The normalized spacial score (nSPS) is 20.1. The summed E-state index contributed by atoms with van der Waals surface area (Å²) in [5.41, 5.74) is 5.07. The predicted molar refractivity (Wildman–Crippen MR) is 45.0 cm³/mol. The van der Waals surface area contributed by atoms with Crippen LogP contribution >= 0.6 is 12.4 Å². The molecule has 0 aromatic rings. The van der Waals surface area contributed by atoms with Crippen LogP contribution in [0, 0.1) is 0 Å². The lowest BCUT2D eigenvalue weighted by molar-refractivity contribution is -0.115. The Kier molecular flexibility index (Phi) is 7.56. The van der Waals surface area contributed by atoms with Crippen molar-refractivity contribution in [3.05, 3.63) is 0 Å². The Bertz CT molecular complexity index is 133. The lowest BCUT2D eigenvalue weighted by atomic mass is 10.0. The van der Waals surface area contributed by atoms with E-state index in [9.17, 15) is 4.79 Å². The number of halogens is 1. The fourth-order valence-corrected chi connectivity index (χ4v) is 0.594. The van der Waals surface area contributed by atoms with E-state index in [2.05, 4.69) is 0 Å². The van der Waals surface area contributed by atoms with Gasteiger partial charge < -0.3 is 25.8 Å². The van der Waals surface area contributed by atoms with Crippen LogP contribution in [-0.4, -0.2) is 46.0 Å². The van der Waals surface area contributed by atoms with Gasteiger partial charge in [0.15, 0.2) is 0 Å². The molecule has 0 heterocycles. The lowest BCUT2D eigenvalue weighted by Gasteiger charge is -2.21. The number of carbonyl (C=O) groups excluding carboxylic acids is 1. The molecule has 6 heteroatoms. The van der Waals surface area contributed by atoms with Crippen molar-refractivity contribution in [3.8, 4) is 0 Å². The monoisotopic (exact) mass is 199 g/mol.